The summed E-state index contributed by atoms with van der Waals surface area (Å²) in [6.45, 7) is 8.47. The third-order valence-electron chi connectivity index (χ3n) is 2.82. The molecule has 0 atom stereocenters. The molecule has 1 fully saturated rings. The van der Waals surface area contributed by atoms with Gasteiger partial charge in [-0.3, -0.25) is 9.69 Å². The Morgan fingerprint density at radius 3 is 2.23 bits per heavy atom. The second-order valence-electron chi connectivity index (χ2n) is 4.14. The number of amides is 1. The molecule has 0 aliphatic carbocycles. The molecule has 1 rings (SSSR count). The topological polar surface area (TPSA) is 49.6 Å². The Morgan fingerprint density at radius 1 is 1.31 bits per heavy atom. The summed E-state index contributed by atoms with van der Waals surface area (Å²) in [5.74, 6) is 0. The van der Waals surface area contributed by atoms with Crippen LogP contribution in [0.3, 0.4) is 0 Å². The van der Waals surface area contributed by atoms with Crippen LogP contribution in [-0.2, 0) is 4.79 Å². The zero-order valence-electron chi connectivity index (χ0n) is 8.49. The predicted octanol–water partition coefficient (Wildman–Crippen LogP) is -0.502. The summed E-state index contributed by atoms with van der Waals surface area (Å²) in [5.41, 5.74) is 5.74. The van der Waals surface area contributed by atoms with Crippen LogP contribution < -0.4 is 5.73 Å². The summed E-state index contributed by atoms with van der Waals surface area (Å²) in [5, 5.41) is 0. The fourth-order valence-corrected chi connectivity index (χ4v) is 1.56. The predicted molar refractivity (Wildman–Crippen MR) is 52.3 cm³/mol. The average Bonchev–Trinajstić information content (AvgIpc) is 2.18. The number of hydrogen-bond acceptors (Lipinski definition) is 3. The highest BCUT2D eigenvalue weighted by molar-refractivity contribution is 5.47. The van der Waals surface area contributed by atoms with E-state index < -0.39 is 0 Å². The Morgan fingerprint density at radius 2 is 1.85 bits per heavy atom. The molecule has 13 heavy (non-hydrogen) atoms. The van der Waals surface area contributed by atoms with E-state index in [-0.39, 0.29) is 5.54 Å². The van der Waals surface area contributed by atoms with E-state index in [1.54, 1.807) is 0 Å². The number of carbonyl (C=O) groups excluding carboxylic acids is 1. The molecule has 0 aromatic heterocycles. The maximum absolute atomic E-state index is 10.5. The lowest BCUT2D eigenvalue weighted by Crippen LogP contribution is -2.57. The molecule has 0 saturated carbocycles. The zero-order chi connectivity index (χ0) is 9.90. The van der Waals surface area contributed by atoms with Gasteiger partial charge in [0.25, 0.3) is 0 Å². The molecule has 0 aromatic carbocycles. The van der Waals surface area contributed by atoms with Crippen LogP contribution >= 0.6 is 0 Å². The van der Waals surface area contributed by atoms with Crippen molar-refractivity contribution in [3.8, 4) is 0 Å². The molecule has 76 valence electrons. The first-order chi connectivity index (χ1) is 6.10. The summed E-state index contributed by atoms with van der Waals surface area (Å²) in [7, 11) is 0. The minimum atomic E-state index is 0.0645. The minimum absolute atomic E-state index is 0.0645. The second kappa shape index (κ2) is 4.07. The normalized spacial score (nSPS) is 20.4. The SMILES string of the molecule is CC(C)(CN)N1CCN(C=O)CC1. The van der Waals surface area contributed by atoms with Gasteiger partial charge in [0.1, 0.15) is 0 Å². The first kappa shape index (κ1) is 10.5. The van der Waals surface area contributed by atoms with E-state index in [9.17, 15) is 4.79 Å². The van der Waals surface area contributed by atoms with Gasteiger partial charge in [0.15, 0.2) is 0 Å². The van der Waals surface area contributed by atoms with Crippen molar-refractivity contribution in [3.63, 3.8) is 0 Å². The van der Waals surface area contributed by atoms with Gasteiger partial charge >= 0.3 is 0 Å². The van der Waals surface area contributed by atoms with Crippen molar-refractivity contribution < 1.29 is 4.79 Å². The summed E-state index contributed by atoms with van der Waals surface area (Å²) >= 11 is 0. The third-order valence-corrected chi connectivity index (χ3v) is 2.82. The first-order valence-corrected chi connectivity index (χ1v) is 4.74. The largest absolute Gasteiger partial charge is 0.343 e. The second-order valence-corrected chi connectivity index (χ2v) is 4.14. The summed E-state index contributed by atoms with van der Waals surface area (Å²) in [6.07, 6.45) is 0.923. The van der Waals surface area contributed by atoms with Gasteiger partial charge in [-0.2, -0.15) is 0 Å². The van der Waals surface area contributed by atoms with Crippen molar-refractivity contribution in [1.29, 1.82) is 0 Å². The molecule has 0 aromatic rings. The molecule has 2 N–H and O–H groups in total. The van der Waals surface area contributed by atoms with Gasteiger partial charge in [0.2, 0.25) is 6.41 Å². The van der Waals surface area contributed by atoms with Crippen LogP contribution in [-0.4, -0.2) is 54.5 Å². The molecule has 0 unspecified atom stereocenters. The van der Waals surface area contributed by atoms with E-state index in [0.717, 1.165) is 32.6 Å². The maximum Gasteiger partial charge on any atom is 0.209 e. The highest BCUT2D eigenvalue weighted by Gasteiger charge is 2.27. The molecular weight excluding hydrogens is 166 g/mol. The van der Waals surface area contributed by atoms with E-state index in [1.807, 2.05) is 4.90 Å². The van der Waals surface area contributed by atoms with E-state index in [2.05, 4.69) is 18.7 Å². The van der Waals surface area contributed by atoms with Crippen molar-refractivity contribution >= 4 is 6.41 Å². The van der Waals surface area contributed by atoms with Gasteiger partial charge in [0.05, 0.1) is 0 Å². The van der Waals surface area contributed by atoms with Crippen molar-refractivity contribution in [3.05, 3.63) is 0 Å². The lowest BCUT2D eigenvalue weighted by atomic mass is 10.0. The summed E-state index contributed by atoms with van der Waals surface area (Å²) in [6, 6.07) is 0. The van der Waals surface area contributed by atoms with Crippen LogP contribution in [0.5, 0.6) is 0 Å². The van der Waals surface area contributed by atoms with Crippen molar-refractivity contribution in [1.82, 2.24) is 9.80 Å². The van der Waals surface area contributed by atoms with Crippen LogP contribution in [0.2, 0.25) is 0 Å². The highest BCUT2D eigenvalue weighted by atomic mass is 16.1. The molecule has 4 heteroatoms. The smallest absolute Gasteiger partial charge is 0.209 e. The lowest BCUT2D eigenvalue weighted by Gasteiger charge is -2.42. The summed E-state index contributed by atoms with van der Waals surface area (Å²) in [4.78, 5) is 14.6. The highest BCUT2D eigenvalue weighted by Crippen LogP contribution is 2.14. The quantitative estimate of drug-likeness (QED) is 0.603. The number of carbonyl (C=O) groups is 1. The van der Waals surface area contributed by atoms with Crippen molar-refractivity contribution in [2.75, 3.05) is 32.7 Å². The van der Waals surface area contributed by atoms with Crippen molar-refractivity contribution in [2.24, 2.45) is 5.73 Å². The number of hydrogen-bond donors (Lipinski definition) is 1. The van der Waals surface area contributed by atoms with Gasteiger partial charge in [-0.25, -0.2) is 0 Å². The summed E-state index contributed by atoms with van der Waals surface area (Å²) < 4.78 is 0. The number of piperazine rings is 1. The van der Waals surface area contributed by atoms with E-state index >= 15 is 0 Å². The van der Waals surface area contributed by atoms with Gasteiger partial charge in [0, 0.05) is 38.3 Å². The zero-order valence-corrected chi connectivity index (χ0v) is 8.49. The number of nitrogens with zero attached hydrogens (tertiary/aromatic N) is 2. The fraction of sp³-hybridized carbons (Fsp3) is 0.889. The van der Waals surface area contributed by atoms with Gasteiger partial charge < -0.3 is 10.6 Å². The Bertz CT molecular complexity index is 174. The Balaban J connectivity index is 2.44. The molecule has 0 spiro atoms. The van der Waals surface area contributed by atoms with Crippen LogP contribution in [0.4, 0.5) is 0 Å². The molecule has 1 heterocycles. The Labute approximate surface area is 79.7 Å². The van der Waals surface area contributed by atoms with Crippen LogP contribution in [0.15, 0.2) is 0 Å². The Kier molecular flexibility index (Phi) is 3.27. The van der Waals surface area contributed by atoms with Crippen LogP contribution in [0.1, 0.15) is 13.8 Å². The average molecular weight is 185 g/mol. The molecule has 1 saturated heterocycles. The molecule has 4 nitrogen and oxygen atoms in total. The molecule has 1 amide bonds. The van der Waals surface area contributed by atoms with E-state index in [4.69, 9.17) is 5.73 Å². The maximum atomic E-state index is 10.5. The van der Waals surface area contributed by atoms with Gasteiger partial charge in [-0.05, 0) is 13.8 Å². The molecule has 0 bridgehead atoms. The minimum Gasteiger partial charge on any atom is -0.343 e. The molecule has 1 aliphatic heterocycles. The van der Waals surface area contributed by atoms with Crippen molar-refractivity contribution in [2.45, 2.75) is 19.4 Å². The van der Waals surface area contributed by atoms with E-state index in [1.165, 1.54) is 0 Å². The van der Waals surface area contributed by atoms with Crippen LogP contribution in [0.25, 0.3) is 0 Å². The van der Waals surface area contributed by atoms with Gasteiger partial charge in [-0.15, -0.1) is 0 Å². The Hall–Kier alpha value is -0.610. The standard InChI is InChI=1S/C9H19N3O/c1-9(2,7-10)12-5-3-11(8-13)4-6-12/h8H,3-7,10H2,1-2H3. The lowest BCUT2D eigenvalue weighted by molar-refractivity contribution is -0.120. The van der Waals surface area contributed by atoms with E-state index in [0.29, 0.717) is 6.54 Å². The van der Waals surface area contributed by atoms with Gasteiger partial charge in [-0.1, -0.05) is 0 Å². The molecular formula is C9H19N3O. The number of nitrogens with two attached hydrogens (primary N) is 1. The third kappa shape index (κ3) is 2.42. The number of rotatable bonds is 3. The first-order valence-electron chi connectivity index (χ1n) is 4.74. The van der Waals surface area contributed by atoms with Crippen LogP contribution in [0, 0.1) is 0 Å². The molecule has 1 aliphatic rings. The fourth-order valence-electron chi connectivity index (χ4n) is 1.56. The monoisotopic (exact) mass is 185 g/mol. The molecule has 0 radical (unpaired) electrons.